The minimum Gasteiger partial charge on any atom is -0.497 e. The predicted octanol–water partition coefficient (Wildman–Crippen LogP) is 3.73. The van der Waals surface area contributed by atoms with Crippen LogP contribution in [0.15, 0.2) is 24.3 Å². The molecule has 0 aliphatic heterocycles. The molecule has 0 unspecified atom stereocenters. The SMILES string of the molecule is CCCNCc1sc(N(C)c2cccc(OC)c2)nc1C. The summed E-state index contributed by atoms with van der Waals surface area (Å²) < 4.78 is 5.28. The zero-order valence-electron chi connectivity index (χ0n) is 13.1. The van der Waals surface area contributed by atoms with Gasteiger partial charge in [0.2, 0.25) is 0 Å². The molecule has 0 saturated carbocycles. The van der Waals surface area contributed by atoms with Crippen molar-refractivity contribution < 1.29 is 4.74 Å². The first-order valence-corrected chi connectivity index (χ1v) is 8.02. The van der Waals surface area contributed by atoms with Crippen LogP contribution in [0, 0.1) is 6.92 Å². The Hall–Kier alpha value is -1.59. The van der Waals surface area contributed by atoms with E-state index in [4.69, 9.17) is 4.74 Å². The molecule has 4 nitrogen and oxygen atoms in total. The van der Waals surface area contributed by atoms with Gasteiger partial charge in [-0.05, 0) is 32.0 Å². The molecule has 21 heavy (non-hydrogen) atoms. The standard InChI is InChI=1S/C16H23N3OS/c1-5-9-17-11-15-12(2)18-16(21-15)19(3)13-7-6-8-14(10-13)20-4/h6-8,10,17H,5,9,11H2,1-4H3. The number of hydrogen-bond donors (Lipinski definition) is 1. The third kappa shape index (κ3) is 3.95. The van der Waals surface area contributed by atoms with E-state index >= 15 is 0 Å². The van der Waals surface area contributed by atoms with Gasteiger partial charge in [0, 0.05) is 30.2 Å². The second-order valence-electron chi connectivity index (χ2n) is 4.94. The molecule has 0 atom stereocenters. The fraction of sp³-hybridized carbons (Fsp3) is 0.438. The molecule has 0 saturated heterocycles. The van der Waals surface area contributed by atoms with Crippen molar-refractivity contribution in [2.24, 2.45) is 0 Å². The van der Waals surface area contributed by atoms with Crippen molar-refractivity contribution in [3.05, 3.63) is 34.8 Å². The molecule has 0 aliphatic carbocycles. The minimum absolute atomic E-state index is 0.859. The predicted molar refractivity (Wildman–Crippen MR) is 89.9 cm³/mol. The summed E-state index contributed by atoms with van der Waals surface area (Å²) in [6.45, 7) is 6.18. The number of nitrogens with zero attached hydrogens (tertiary/aromatic N) is 2. The van der Waals surface area contributed by atoms with Gasteiger partial charge >= 0.3 is 0 Å². The maximum Gasteiger partial charge on any atom is 0.190 e. The minimum atomic E-state index is 0.859. The highest BCUT2D eigenvalue weighted by molar-refractivity contribution is 7.15. The summed E-state index contributed by atoms with van der Waals surface area (Å²) in [6, 6.07) is 8.03. The molecule has 1 aromatic heterocycles. The lowest BCUT2D eigenvalue weighted by Gasteiger charge is -2.16. The second kappa shape index (κ2) is 7.43. The molecule has 0 radical (unpaired) electrons. The number of ether oxygens (including phenoxy) is 1. The van der Waals surface area contributed by atoms with Crippen LogP contribution < -0.4 is 15.0 Å². The Morgan fingerprint density at radius 2 is 2.19 bits per heavy atom. The quantitative estimate of drug-likeness (QED) is 0.791. The van der Waals surface area contributed by atoms with Gasteiger partial charge in [-0.15, -0.1) is 0 Å². The van der Waals surface area contributed by atoms with E-state index in [1.54, 1.807) is 18.4 Å². The van der Waals surface area contributed by atoms with E-state index in [-0.39, 0.29) is 0 Å². The Bertz CT molecular complexity index is 583. The highest BCUT2D eigenvalue weighted by Crippen LogP contribution is 2.31. The second-order valence-corrected chi connectivity index (χ2v) is 6.00. The smallest absolute Gasteiger partial charge is 0.190 e. The van der Waals surface area contributed by atoms with Crippen LogP contribution in [0.25, 0.3) is 0 Å². The fourth-order valence-electron chi connectivity index (χ4n) is 2.03. The highest BCUT2D eigenvalue weighted by Gasteiger charge is 2.12. The van der Waals surface area contributed by atoms with Crippen LogP contribution in [0.1, 0.15) is 23.9 Å². The highest BCUT2D eigenvalue weighted by atomic mass is 32.1. The number of thiazole rings is 1. The van der Waals surface area contributed by atoms with Crippen LogP contribution in [0.2, 0.25) is 0 Å². The lowest BCUT2D eigenvalue weighted by Crippen LogP contribution is -2.13. The monoisotopic (exact) mass is 305 g/mol. The van der Waals surface area contributed by atoms with Crippen molar-refractivity contribution in [1.29, 1.82) is 0 Å². The van der Waals surface area contributed by atoms with Crippen LogP contribution >= 0.6 is 11.3 Å². The van der Waals surface area contributed by atoms with Crippen molar-refractivity contribution in [2.75, 3.05) is 25.6 Å². The van der Waals surface area contributed by atoms with Gasteiger partial charge in [-0.2, -0.15) is 0 Å². The first-order chi connectivity index (χ1) is 10.2. The molecule has 1 aromatic carbocycles. The molecule has 2 aromatic rings. The van der Waals surface area contributed by atoms with Gasteiger partial charge in [-0.1, -0.05) is 24.3 Å². The maximum atomic E-state index is 5.28. The lowest BCUT2D eigenvalue weighted by molar-refractivity contribution is 0.415. The van der Waals surface area contributed by atoms with Crippen molar-refractivity contribution in [3.63, 3.8) is 0 Å². The number of aryl methyl sites for hydroxylation is 1. The summed E-state index contributed by atoms with van der Waals surface area (Å²) in [7, 11) is 3.72. The summed E-state index contributed by atoms with van der Waals surface area (Å²) in [5.41, 5.74) is 2.18. The van der Waals surface area contributed by atoms with Crippen LogP contribution in [-0.2, 0) is 6.54 Å². The number of methoxy groups -OCH3 is 1. The van der Waals surface area contributed by atoms with Crippen LogP contribution in [0.4, 0.5) is 10.8 Å². The number of anilines is 2. The average Bonchev–Trinajstić information content (AvgIpc) is 2.88. The summed E-state index contributed by atoms with van der Waals surface area (Å²) in [5.74, 6) is 0.859. The van der Waals surface area contributed by atoms with Gasteiger partial charge < -0.3 is 15.0 Å². The number of nitrogens with one attached hydrogen (secondary N) is 1. The maximum absolute atomic E-state index is 5.28. The molecule has 0 aliphatic rings. The number of benzene rings is 1. The van der Waals surface area contributed by atoms with Crippen molar-refractivity contribution in [2.45, 2.75) is 26.8 Å². The van der Waals surface area contributed by atoms with E-state index in [2.05, 4.69) is 35.1 Å². The topological polar surface area (TPSA) is 37.4 Å². The Morgan fingerprint density at radius 1 is 1.38 bits per heavy atom. The number of rotatable bonds is 7. The molecule has 114 valence electrons. The molecule has 1 N–H and O–H groups in total. The zero-order valence-corrected chi connectivity index (χ0v) is 14.0. The fourth-order valence-corrected chi connectivity index (χ4v) is 3.04. The molecule has 0 spiro atoms. The van der Waals surface area contributed by atoms with Gasteiger partial charge in [0.1, 0.15) is 5.75 Å². The van der Waals surface area contributed by atoms with Gasteiger partial charge in [0.25, 0.3) is 0 Å². The van der Waals surface area contributed by atoms with Crippen LogP contribution in [0.5, 0.6) is 5.75 Å². The van der Waals surface area contributed by atoms with E-state index in [0.717, 1.165) is 41.8 Å². The third-order valence-electron chi connectivity index (χ3n) is 3.32. The van der Waals surface area contributed by atoms with Gasteiger partial charge in [0.05, 0.1) is 12.8 Å². The Labute approximate surface area is 130 Å². The summed E-state index contributed by atoms with van der Waals surface area (Å²) in [6.07, 6.45) is 1.15. The van der Waals surface area contributed by atoms with Crippen molar-refractivity contribution in [3.8, 4) is 5.75 Å². The molecule has 0 fully saturated rings. The molecular formula is C16H23N3OS. The third-order valence-corrected chi connectivity index (χ3v) is 4.56. The van der Waals surface area contributed by atoms with E-state index in [0.29, 0.717) is 0 Å². The van der Waals surface area contributed by atoms with Crippen molar-refractivity contribution >= 4 is 22.2 Å². The molecule has 1 heterocycles. The summed E-state index contributed by atoms with van der Waals surface area (Å²) >= 11 is 1.74. The van der Waals surface area contributed by atoms with Gasteiger partial charge in [0.15, 0.2) is 5.13 Å². The Morgan fingerprint density at radius 3 is 2.90 bits per heavy atom. The average molecular weight is 305 g/mol. The van der Waals surface area contributed by atoms with Crippen LogP contribution in [0.3, 0.4) is 0 Å². The number of aromatic nitrogens is 1. The van der Waals surface area contributed by atoms with Crippen molar-refractivity contribution in [1.82, 2.24) is 10.3 Å². The first-order valence-electron chi connectivity index (χ1n) is 7.20. The van der Waals surface area contributed by atoms with Gasteiger partial charge in [-0.3, -0.25) is 0 Å². The van der Waals surface area contributed by atoms with Gasteiger partial charge in [-0.25, -0.2) is 4.98 Å². The summed E-state index contributed by atoms with van der Waals surface area (Å²) in [4.78, 5) is 8.08. The van der Waals surface area contributed by atoms with E-state index in [1.807, 2.05) is 25.2 Å². The molecule has 5 heteroatoms. The lowest BCUT2D eigenvalue weighted by atomic mass is 10.3. The molecule has 0 amide bonds. The molecule has 0 bridgehead atoms. The Balaban J connectivity index is 2.15. The van der Waals surface area contributed by atoms with E-state index in [1.165, 1.54) is 4.88 Å². The molecule has 2 rings (SSSR count). The Kier molecular flexibility index (Phi) is 5.59. The summed E-state index contributed by atoms with van der Waals surface area (Å²) in [5, 5.41) is 4.44. The van der Waals surface area contributed by atoms with Crippen LogP contribution in [-0.4, -0.2) is 25.7 Å². The number of hydrogen-bond acceptors (Lipinski definition) is 5. The normalized spacial score (nSPS) is 10.7. The molecular weight excluding hydrogens is 282 g/mol. The van der Waals surface area contributed by atoms with E-state index in [9.17, 15) is 0 Å². The van der Waals surface area contributed by atoms with E-state index < -0.39 is 0 Å². The zero-order chi connectivity index (χ0) is 15.2. The first kappa shape index (κ1) is 15.8. The largest absolute Gasteiger partial charge is 0.497 e.